The van der Waals surface area contributed by atoms with Gasteiger partial charge in [-0.1, -0.05) is 17.7 Å². The number of rotatable bonds is 5. The minimum Gasteiger partial charge on any atom is -0.478 e. The van der Waals surface area contributed by atoms with E-state index in [2.05, 4.69) is 4.90 Å². The first-order chi connectivity index (χ1) is 8.56. The summed E-state index contributed by atoms with van der Waals surface area (Å²) in [6.45, 7) is 0.994. The van der Waals surface area contributed by atoms with Gasteiger partial charge in [-0.15, -0.1) is 0 Å². The molecular weight excluding hydrogens is 250 g/mol. The van der Waals surface area contributed by atoms with Crippen molar-refractivity contribution in [2.75, 3.05) is 18.5 Å². The van der Waals surface area contributed by atoms with E-state index in [1.54, 1.807) is 12.1 Å². The first-order valence-electron chi connectivity index (χ1n) is 5.98. The van der Waals surface area contributed by atoms with E-state index in [-0.39, 0.29) is 0 Å². The van der Waals surface area contributed by atoms with Crippen molar-refractivity contribution in [3.63, 3.8) is 0 Å². The van der Waals surface area contributed by atoms with Crippen LogP contribution in [0, 0.1) is 5.92 Å². The third-order valence-corrected chi connectivity index (χ3v) is 3.27. The Balaban J connectivity index is 2.23. The van der Waals surface area contributed by atoms with Gasteiger partial charge in [0.15, 0.2) is 0 Å². The summed E-state index contributed by atoms with van der Waals surface area (Å²) in [6.07, 6.45) is 5.32. The Morgan fingerprint density at radius 3 is 2.89 bits per heavy atom. The van der Waals surface area contributed by atoms with Gasteiger partial charge < -0.3 is 10.0 Å². The standard InChI is InChI=1S/C14H16ClNO2/c1-16(9-10-2-3-10)13-8-12(15)6-4-11(13)5-7-14(17)18/h4-8,10H,2-3,9H2,1H3,(H,17,18)/b7-5+. The summed E-state index contributed by atoms with van der Waals surface area (Å²) >= 11 is 6.01. The highest BCUT2D eigenvalue weighted by atomic mass is 35.5. The zero-order chi connectivity index (χ0) is 13.1. The van der Waals surface area contributed by atoms with Crippen molar-refractivity contribution in [2.24, 2.45) is 5.92 Å². The molecule has 0 aliphatic heterocycles. The highest BCUT2D eigenvalue weighted by molar-refractivity contribution is 6.31. The lowest BCUT2D eigenvalue weighted by atomic mass is 10.1. The van der Waals surface area contributed by atoms with Crippen LogP contribution in [0.4, 0.5) is 5.69 Å². The molecular formula is C14H16ClNO2. The lowest BCUT2D eigenvalue weighted by Gasteiger charge is -2.21. The van der Waals surface area contributed by atoms with E-state index in [0.717, 1.165) is 29.8 Å². The molecule has 0 amide bonds. The largest absolute Gasteiger partial charge is 0.478 e. The maximum atomic E-state index is 10.6. The van der Waals surface area contributed by atoms with Crippen LogP contribution in [-0.4, -0.2) is 24.7 Å². The van der Waals surface area contributed by atoms with Gasteiger partial charge in [0.05, 0.1) is 0 Å². The van der Waals surface area contributed by atoms with Crippen molar-refractivity contribution in [2.45, 2.75) is 12.8 Å². The fourth-order valence-electron chi connectivity index (χ4n) is 1.94. The Morgan fingerprint density at radius 1 is 1.56 bits per heavy atom. The lowest BCUT2D eigenvalue weighted by Crippen LogP contribution is -2.20. The van der Waals surface area contributed by atoms with Crippen molar-refractivity contribution >= 4 is 29.3 Å². The molecule has 0 aromatic heterocycles. The van der Waals surface area contributed by atoms with Crippen LogP contribution in [0.1, 0.15) is 18.4 Å². The van der Waals surface area contributed by atoms with Gasteiger partial charge in [0.25, 0.3) is 0 Å². The molecule has 96 valence electrons. The van der Waals surface area contributed by atoms with Gasteiger partial charge in [-0.25, -0.2) is 4.79 Å². The SMILES string of the molecule is CN(CC1CC1)c1cc(Cl)ccc1/C=C/C(=O)O. The van der Waals surface area contributed by atoms with Gasteiger partial charge >= 0.3 is 5.97 Å². The Bertz CT molecular complexity index is 481. The zero-order valence-corrected chi connectivity index (χ0v) is 11.0. The number of carboxylic acids is 1. The highest BCUT2D eigenvalue weighted by Crippen LogP contribution is 2.33. The molecule has 1 N–H and O–H groups in total. The summed E-state index contributed by atoms with van der Waals surface area (Å²) in [6, 6.07) is 5.50. The third kappa shape index (κ3) is 3.50. The summed E-state index contributed by atoms with van der Waals surface area (Å²) in [7, 11) is 2.02. The van der Waals surface area contributed by atoms with Crippen LogP contribution >= 0.6 is 11.6 Å². The Labute approximate surface area is 112 Å². The van der Waals surface area contributed by atoms with Crippen molar-refractivity contribution in [3.05, 3.63) is 34.9 Å². The topological polar surface area (TPSA) is 40.5 Å². The second kappa shape index (κ2) is 5.44. The molecule has 18 heavy (non-hydrogen) atoms. The molecule has 2 rings (SSSR count). The van der Waals surface area contributed by atoms with E-state index in [1.807, 2.05) is 19.2 Å². The van der Waals surface area contributed by atoms with E-state index >= 15 is 0 Å². The van der Waals surface area contributed by atoms with E-state index in [0.29, 0.717) is 5.02 Å². The predicted octanol–water partition coefficient (Wildman–Crippen LogP) is 3.28. The van der Waals surface area contributed by atoms with Crippen molar-refractivity contribution in [1.29, 1.82) is 0 Å². The number of anilines is 1. The molecule has 0 spiro atoms. The van der Waals surface area contributed by atoms with Crippen molar-refractivity contribution < 1.29 is 9.90 Å². The smallest absolute Gasteiger partial charge is 0.328 e. The molecule has 1 aliphatic rings. The van der Waals surface area contributed by atoms with Gasteiger partial charge in [-0.3, -0.25) is 0 Å². The quantitative estimate of drug-likeness (QED) is 0.831. The van der Waals surface area contributed by atoms with Crippen LogP contribution in [-0.2, 0) is 4.79 Å². The molecule has 1 aliphatic carbocycles. The van der Waals surface area contributed by atoms with Gasteiger partial charge in [0.1, 0.15) is 0 Å². The minimum absolute atomic E-state index is 0.667. The summed E-state index contributed by atoms with van der Waals surface area (Å²) in [4.78, 5) is 12.7. The zero-order valence-electron chi connectivity index (χ0n) is 10.3. The molecule has 1 saturated carbocycles. The molecule has 1 aromatic carbocycles. The van der Waals surface area contributed by atoms with E-state index in [4.69, 9.17) is 16.7 Å². The van der Waals surface area contributed by atoms with Gasteiger partial charge in [-0.05, 0) is 42.5 Å². The molecule has 0 saturated heterocycles. The minimum atomic E-state index is -0.944. The highest BCUT2D eigenvalue weighted by Gasteiger charge is 2.23. The monoisotopic (exact) mass is 265 g/mol. The fourth-order valence-corrected chi connectivity index (χ4v) is 2.10. The summed E-state index contributed by atoms with van der Waals surface area (Å²) < 4.78 is 0. The van der Waals surface area contributed by atoms with Crippen LogP contribution in [0.15, 0.2) is 24.3 Å². The Hall–Kier alpha value is -1.48. The third-order valence-electron chi connectivity index (χ3n) is 3.04. The summed E-state index contributed by atoms with van der Waals surface area (Å²) in [5.74, 6) is -0.175. The normalized spacial score (nSPS) is 15.0. The maximum Gasteiger partial charge on any atom is 0.328 e. The van der Waals surface area contributed by atoms with Gasteiger partial charge in [0.2, 0.25) is 0 Å². The van der Waals surface area contributed by atoms with Crippen molar-refractivity contribution in [3.8, 4) is 0 Å². The number of hydrogen-bond acceptors (Lipinski definition) is 2. The van der Waals surface area contributed by atoms with Crippen molar-refractivity contribution in [1.82, 2.24) is 0 Å². The Kier molecular flexibility index (Phi) is 3.92. The molecule has 4 heteroatoms. The molecule has 0 bridgehead atoms. The number of nitrogens with zero attached hydrogens (tertiary/aromatic N) is 1. The Morgan fingerprint density at radius 2 is 2.28 bits per heavy atom. The first-order valence-corrected chi connectivity index (χ1v) is 6.36. The second-order valence-corrected chi connectivity index (χ2v) is 5.14. The molecule has 0 unspecified atom stereocenters. The van der Waals surface area contributed by atoms with Crippen LogP contribution in [0.3, 0.4) is 0 Å². The second-order valence-electron chi connectivity index (χ2n) is 4.70. The predicted molar refractivity (Wildman–Crippen MR) is 74.1 cm³/mol. The first kappa shape index (κ1) is 13.0. The van der Waals surface area contributed by atoms with E-state index < -0.39 is 5.97 Å². The number of aliphatic carboxylic acids is 1. The van der Waals surface area contributed by atoms with Crippen LogP contribution in [0.25, 0.3) is 6.08 Å². The van der Waals surface area contributed by atoms with Crippen LogP contribution in [0.2, 0.25) is 5.02 Å². The molecule has 3 nitrogen and oxygen atoms in total. The van der Waals surface area contributed by atoms with Gasteiger partial charge in [0, 0.05) is 30.4 Å². The number of carbonyl (C=O) groups is 1. The number of hydrogen-bond donors (Lipinski definition) is 1. The average Bonchev–Trinajstić information content (AvgIpc) is 3.11. The average molecular weight is 266 g/mol. The summed E-state index contributed by atoms with van der Waals surface area (Å²) in [5, 5.41) is 9.35. The number of halogens is 1. The van der Waals surface area contributed by atoms with Gasteiger partial charge in [-0.2, -0.15) is 0 Å². The van der Waals surface area contributed by atoms with E-state index in [9.17, 15) is 4.79 Å². The molecule has 0 heterocycles. The number of carboxylic acid groups (broad SMARTS) is 1. The number of benzene rings is 1. The van der Waals surface area contributed by atoms with Crippen LogP contribution < -0.4 is 4.90 Å². The van der Waals surface area contributed by atoms with E-state index in [1.165, 1.54) is 12.8 Å². The fraction of sp³-hybridized carbons (Fsp3) is 0.357. The molecule has 1 fully saturated rings. The lowest BCUT2D eigenvalue weighted by molar-refractivity contribution is -0.131. The molecule has 0 radical (unpaired) electrons. The molecule has 1 aromatic rings. The molecule has 0 atom stereocenters. The summed E-state index contributed by atoms with van der Waals surface area (Å²) in [5.41, 5.74) is 1.86. The van der Waals surface area contributed by atoms with Crippen LogP contribution in [0.5, 0.6) is 0 Å². The maximum absolute atomic E-state index is 10.6.